The summed E-state index contributed by atoms with van der Waals surface area (Å²) >= 11 is 0. The summed E-state index contributed by atoms with van der Waals surface area (Å²) < 4.78 is 5.42. The number of ether oxygens (including phenoxy) is 1. The third kappa shape index (κ3) is 3.23. The first-order valence-electron chi connectivity index (χ1n) is 4.75. The molecule has 0 bridgehead atoms. The van der Waals surface area contributed by atoms with Gasteiger partial charge in [-0.05, 0) is 26.8 Å². The van der Waals surface area contributed by atoms with Crippen molar-refractivity contribution in [2.24, 2.45) is 0 Å². The van der Waals surface area contributed by atoms with E-state index < -0.39 is 0 Å². The van der Waals surface area contributed by atoms with Gasteiger partial charge < -0.3 is 4.74 Å². The Bertz CT molecular complexity index is 210. The lowest BCUT2D eigenvalue weighted by molar-refractivity contribution is 0.105. The summed E-state index contributed by atoms with van der Waals surface area (Å²) in [6.45, 7) is 11.4. The summed E-state index contributed by atoms with van der Waals surface area (Å²) in [6, 6.07) is 0.530. The number of likely N-dealkylation sites (N-methyl/N-ethyl adjacent to an activating group) is 1. The molecule has 0 spiro atoms. The van der Waals surface area contributed by atoms with Gasteiger partial charge in [-0.15, -0.1) is 0 Å². The van der Waals surface area contributed by atoms with Gasteiger partial charge in [-0.25, -0.2) is 0 Å². The normalized spacial score (nSPS) is 24.5. The molecule has 0 aliphatic carbocycles. The molecule has 0 radical (unpaired) electrons. The van der Waals surface area contributed by atoms with Crippen molar-refractivity contribution >= 4 is 0 Å². The van der Waals surface area contributed by atoms with Gasteiger partial charge in [0.25, 0.3) is 0 Å². The van der Waals surface area contributed by atoms with E-state index in [4.69, 9.17) is 4.74 Å². The zero-order valence-corrected chi connectivity index (χ0v) is 8.68. The van der Waals surface area contributed by atoms with E-state index in [1.807, 2.05) is 6.92 Å². The van der Waals surface area contributed by atoms with E-state index in [2.05, 4.69) is 25.1 Å². The minimum Gasteiger partial charge on any atom is -0.497 e. The highest BCUT2D eigenvalue weighted by atomic mass is 16.5. The van der Waals surface area contributed by atoms with E-state index in [9.17, 15) is 0 Å². The van der Waals surface area contributed by atoms with Crippen LogP contribution in [0.5, 0.6) is 0 Å². The molecule has 0 aromatic heterocycles. The van der Waals surface area contributed by atoms with Gasteiger partial charge in [-0.3, -0.25) is 4.90 Å². The number of hydrogen-bond acceptors (Lipinski definition) is 2. The predicted molar refractivity (Wildman–Crippen MR) is 55.6 cm³/mol. The van der Waals surface area contributed by atoms with Gasteiger partial charge in [0.15, 0.2) is 0 Å². The largest absolute Gasteiger partial charge is 0.497 e. The highest BCUT2D eigenvalue weighted by Crippen LogP contribution is 2.19. The highest BCUT2D eigenvalue weighted by molar-refractivity contribution is 5.02. The maximum atomic E-state index is 5.42. The monoisotopic (exact) mass is 181 g/mol. The van der Waals surface area contributed by atoms with Crippen LogP contribution in [0.1, 0.15) is 19.8 Å². The summed E-state index contributed by atoms with van der Waals surface area (Å²) in [5.74, 6) is 0.804. The van der Waals surface area contributed by atoms with Crippen LogP contribution in [0.3, 0.4) is 0 Å². The molecule has 1 fully saturated rings. The Morgan fingerprint density at radius 2 is 2.38 bits per heavy atom. The van der Waals surface area contributed by atoms with Gasteiger partial charge in [0.1, 0.15) is 6.61 Å². The third-order valence-electron chi connectivity index (χ3n) is 2.45. The molecule has 0 N–H and O–H groups in total. The van der Waals surface area contributed by atoms with E-state index in [0.717, 1.165) is 31.8 Å². The molecule has 1 unspecified atom stereocenters. The SMILES string of the molecule is C=C1CCC(COC(=C)C)N(C)C1. The first-order valence-corrected chi connectivity index (χ1v) is 4.75. The first-order chi connectivity index (χ1) is 6.09. The molecule has 0 saturated carbocycles. The smallest absolute Gasteiger partial charge is 0.103 e. The standard InChI is InChI=1S/C11H19NO/c1-9(2)13-8-11-6-5-10(3)7-12(11)4/h11H,1,3,5-8H2,2,4H3. The summed E-state index contributed by atoms with van der Waals surface area (Å²) in [5, 5.41) is 0. The van der Waals surface area contributed by atoms with Gasteiger partial charge in [0, 0.05) is 12.6 Å². The molecule has 0 aromatic rings. The second-order valence-electron chi connectivity index (χ2n) is 3.87. The van der Waals surface area contributed by atoms with Crippen LogP contribution >= 0.6 is 0 Å². The third-order valence-corrected chi connectivity index (χ3v) is 2.45. The van der Waals surface area contributed by atoms with E-state index in [0.29, 0.717) is 6.04 Å². The number of piperidine rings is 1. The van der Waals surface area contributed by atoms with Gasteiger partial charge in [-0.2, -0.15) is 0 Å². The van der Waals surface area contributed by atoms with Crippen LogP contribution in [0.25, 0.3) is 0 Å². The van der Waals surface area contributed by atoms with Crippen molar-refractivity contribution in [2.75, 3.05) is 20.2 Å². The lowest BCUT2D eigenvalue weighted by Gasteiger charge is -2.33. The second-order valence-corrected chi connectivity index (χ2v) is 3.87. The average molecular weight is 181 g/mol. The van der Waals surface area contributed by atoms with Crippen LogP contribution in [-0.2, 0) is 4.74 Å². The lowest BCUT2D eigenvalue weighted by Crippen LogP contribution is -2.40. The molecule has 1 heterocycles. The highest BCUT2D eigenvalue weighted by Gasteiger charge is 2.20. The molecule has 74 valence electrons. The van der Waals surface area contributed by atoms with E-state index in [-0.39, 0.29) is 0 Å². The van der Waals surface area contributed by atoms with E-state index >= 15 is 0 Å². The molecule has 2 heteroatoms. The van der Waals surface area contributed by atoms with Gasteiger partial charge >= 0.3 is 0 Å². The molecule has 13 heavy (non-hydrogen) atoms. The summed E-state index contributed by atoms with van der Waals surface area (Å²) in [6.07, 6.45) is 2.29. The minimum absolute atomic E-state index is 0.530. The Hall–Kier alpha value is -0.760. The Morgan fingerprint density at radius 1 is 1.69 bits per heavy atom. The van der Waals surface area contributed by atoms with Gasteiger partial charge in [0.2, 0.25) is 0 Å². The molecular formula is C11H19NO. The average Bonchev–Trinajstić information content (AvgIpc) is 2.02. The first kappa shape index (κ1) is 10.3. The molecule has 0 amide bonds. The van der Waals surface area contributed by atoms with Crippen molar-refractivity contribution in [3.05, 3.63) is 24.5 Å². The molecular weight excluding hydrogens is 162 g/mol. The lowest BCUT2D eigenvalue weighted by atomic mass is 10.0. The number of nitrogens with zero attached hydrogens (tertiary/aromatic N) is 1. The fourth-order valence-electron chi connectivity index (χ4n) is 1.60. The van der Waals surface area contributed by atoms with Crippen molar-refractivity contribution in [2.45, 2.75) is 25.8 Å². The Morgan fingerprint density at radius 3 is 2.92 bits per heavy atom. The maximum Gasteiger partial charge on any atom is 0.103 e. The van der Waals surface area contributed by atoms with Crippen LogP contribution in [0.15, 0.2) is 24.5 Å². The number of hydrogen-bond donors (Lipinski definition) is 0. The van der Waals surface area contributed by atoms with Crippen molar-refractivity contribution in [3.63, 3.8) is 0 Å². The van der Waals surface area contributed by atoms with Crippen molar-refractivity contribution in [1.29, 1.82) is 0 Å². The molecule has 1 aliphatic heterocycles. The zero-order chi connectivity index (χ0) is 9.84. The van der Waals surface area contributed by atoms with Gasteiger partial charge in [-0.1, -0.05) is 18.7 Å². The molecule has 1 aliphatic rings. The minimum atomic E-state index is 0.530. The van der Waals surface area contributed by atoms with E-state index in [1.165, 1.54) is 5.57 Å². The Kier molecular flexibility index (Phi) is 3.55. The second kappa shape index (κ2) is 4.47. The topological polar surface area (TPSA) is 12.5 Å². The number of likely N-dealkylation sites (tertiary alicyclic amines) is 1. The van der Waals surface area contributed by atoms with Crippen LogP contribution in [0, 0.1) is 0 Å². The maximum absolute atomic E-state index is 5.42. The predicted octanol–water partition coefficient (Wildman–Crippen LogP) is 2.19. The molecule has 0 aromatic carbocycles. The summed E-state index contributed by atoms with van der Waals surface area (Å²) in [7, 11) is 2.12. The zero-order valence-electron chi connectivity index (χ0n) is 8.68. The molecule has 1 rings (SSSR count). The molecule has 1 saturated heterocycles. The van der Waals surface area contributed by atoms with Crippen molar-refractivity contribution in [1.82, 2.24) is 4.90 Å². The number of allylic oxidation sites excluding steroid dienone is 1. The molecule has 2 nitrogen and oxygen atoms in total. The van der Waals surface area contributed by atoms with Crippen LogP contribution in [-0.4, -0.2) is 31.1 Å². The van der Waals surface area contributed by atoms with Gasteiger partial charge in [0.05, 0.1) is 5.76 Å². The van der Waals surface area contributed by atoms with E-state index in [1.54, 1.807) is 0 Å². The van der Waals surface area contributed by atoms with Crippen LogP contribution in [0.4, 0.5) is 0 Å². The quantitative estimate of drug-likeness (QED) is 0.489. The fourth-order valence-corrected chi connectivity index (χ4v) is 1.60. The summed E-state index contributed by atoms with van der Waals surface area (Å²) in [5.41, 5.74) is 1.33. The molecule has 1 atom stereocenters. The number of rotatable bonds is 3. The summed E-state index contributed by atoms with van der Waals surface area (Å²) in [4.78, 5) is 2.30. The Balaban J connectivity index is 2.33. The Labute approximate surface area is 80.9 Å². The van der Waals surface area contributed by atoms with Crippen molar-refractivity contribution in [3.8, 4) is 0 Å². The van der Waals surface area contributed by atoms with Crippen LogP contribution in [0.2, 0.25) is 0 Å². The fraction of sp³-hybridized carbons (Fsp3) is 0.636. The van der Waals surface area contributed by atoms with Crippen LogP contribution < -0.4 is 0 Å². The van der Waals surface area contributed by atoms with Crippen molar-refractivity contribution < 1.29 is 4.74 Å².